The van der Waals surface area contributed by atoms with Gasteiger partial charge < -0.3 is 4.90 Å². The quantitative estimate of drug-likeness (QED) is 0.583. The van der Waals surface area contributed by atoms with E-state index in [-0.39, 0.29) is 0 Å². The number of thioether (sulfide) groups is 1. The fourth-order valence-electron chi connectivity index (χ4n) is 3.64. The number of hydrogen-bond acceptors (Lipinski definition) is 3. The highest BCUT2D eigenvalue weighted by Crippen LogP contribution is 2.44. The van der Waals surface area contributed by atoms with E-state index in [2.05, 4.69) is 37.5 Å². The van der Waals surface area contributed by atoms with Crippen LogP contribution in [-0.2, 0) is 0 Å². The molecule has 1 atom stereocenters. The number of hydrogen-bond donors (Lipinski definition) is 0. The van der Waals surface area contributed by atoms with Gasteiger partial charge in [0.25, 0.3) is 5.03 Å². The van der Waals surface area contributed by atoms with Crippen LogP contribution in [0.5, 0.6) is 0 Å². The molecule has 5 heteroatoms. The van der Waals surface area contributed by atoms with E-state index in [1.807, 2.05) is 11.8 Å². The molecule has 0 aliphatic carbocycles. The minimum Gasteiger partial charge on any atom is -0.366 e. The molecule has 0 aromatic carbocycles. The van der Waals surface area contributed by atoms with Gasteiger partial charge in [0.15, 0.2) is 6.04 Å². The Morgan fingerprint density at radius 1 is 1.47 bits per heavy atom. The summed E-state index contributed by atoms with van der Waals surface area (Å²) < 4.78 is 2.48. The Morgan fingerprint density at radius 3 is 2.95 bits per heavy atom. The molecule has 0 unspecified atom stereocenters. The fourth-order valence-corrected chi connectivity index (χ4v) is 5.73. The standard InChI is InChI=1S/C14H15BrN3S/c15-6-11-8-19-14-10(7-16)5-12-13(18(11)14)9-1-3-17(12)4-2-9/h5,9,11H,1-4,6,8H2/q+1/t11-/m0/s1. The first-order valence-corrected chi connectivity index (χ1v) is 8.90. The third kappa shape index (κ3) is 1.59. The van der Waals surface area contributed by atoms with Gasteiger partial charge >= 0.3 is 0 Å². The number of fused-ring (bicyclic) bond motifs is 3. The molecule has 3 nitrogen and oxygen atoms in total. The van der Waals surface area contributed by atoms with Crippen LogP contribution in [-0.4, -0.2) is 24.2 Å². The third-order valence-corrected chi connectivity index (χ3v) is 6.54. The summed E-state index contributed by atoms with van der Waals surface area (Å²) in [6.07, 6.45) is 2.55. The number of alkyl halides is 1. The molecule has 4 aliphatic rings. The minimum absolute atomic E-state index is 0.502. The topological polar surface area (TPSA) is 30.9 Å². The first-order valence-electron chi connectivity index (χ1n) is 6.79. The molecule has 5 rings (SSSR count). The second-order valence-corrected chi connectivity index (χ2v) is 7.15. The number of nitriles is 1. The zero-order chi connectivity index (χ0) is 13.0. The lowest BCUT2D eigenvalue weighted by molar-refractivity contribution is -0.750. The molecule has 1 aromatic rings. The van der Waals surface area contributed by atoms with E-state index < -0.39 is 0 Å². The van der Waals surface area contributed by atoms with Gasteiger partial charge in [-0.05, 0) is 30.7 Å². The fraction of sp³-hybridized carbons (Fsp3) is 0.571. The summed E-state index contributed by atoms with van der Waals surface area (Å²) in [6, 6.07) is 5.04. The summed E-state index contributed by atoms with van der Waals surface area (Å²) in [6.45, 7) is 2.32. The lowest BCUT2D eigenvalue weighted by atomic mass is 9.85. The number of aromatic nitrogens is 1. The average Bonchev–Trinajstić information content (AvgIpc) is 2.91. The van der Waals surface area contributed by atoms with Crippen LogP contribution in [0.1, 0.15) is 36.1 Å². The highest BCUT2D eigenvalue weighted by atomic mass is 79.9. The van der Waals surface area contributed by atoms with Crippen molar-refractivity contribution >= 4 is 33.4 Å². The molecule has 0 amide bonds. The summed E-state index contributed by atoms with van der Waals surface area (Å²) in [7, 11) is 0. The predicted octanol–water partition coefficient (Wildman–Crippen LogP) is 2.58. The molecule has 0 saturated carbocycles. The van der Waals surface area contributed by atoms with Gasteiger partial charge in [-0.1, -0.05) is 15.9 Å². The van der Waals surface area contributed by atoms with Crippen molar-refractivity contribution in [3.05, 3.63) is 17.3 Å². The largest absolute Gasteiger partial charge is 0.366 e. The minimum atomic E-state index is 0.502. The van der Waals surface area contributed by atoms with Gasteiger partial charge in [-0.25, -0.2) is 0 Å². The van der Waals surface area contributed by atoms with Crippen molar-refractivity contribution in [1.29, 1.82) is 5.26 Å². The number of pyridine rings is 1. The highest BCUT2D eigenvalue weighted by Gasteiger charge is 2.45. The van der Waals surface area contributed by atoms with Crippen LogP contribution in [0.25, 0.3) is 0 Å². The van der Waals surface area contributed by atoms with E-state index in [1.54, 1.807) is 0 Å². The Hall–Kier alpha value is -0.730. The molecule has 0 N–H and O–H groups in total. The van der Waals surface area contributed by atoms with E-state index >= 15 is 0 Å². The van der Waals surface area contributed by atoms with Crippen molar-refractivity contribution in [3.63, 3.8) is 0 Å². The van der Waals surface area contributed by atoms with Gasteiger partial charge in [0.2, 0.25) is 5.69 Å². The Labute approximate surface area is 125 Å². The monoisotopic (exact) mass is 336 g/mol. The van der Waals surface area contributed by atoms with Crippen LogP contribution in [0.4, 0.5) is 5.69 Å². The van der Waals surface area contributed by atoms with Crippen LogP contribution in [0.15, 0.2) is 11.1 Å². The van der Waals surface area contributed by atoms with E-state index in [1.165, 1.54) is 29.2 Å². The van der Waals surface area contributed by atoms with Crippen LogP contribution in [0.3, 0.4) is 0 Å². The summed E-state index contributed by atoms with van der Waals surface area (Å²) in [5.74, 6) is 1.79. The first-order chi connectivity index (χ1) is 9.33. The van der Waals surface area contributed by atoms with E-state index in [0.29, 0.717) is 12.0 Å². The molecular weight excluding hydrogens is 322 g/mol. The maximum atomic E-state index is 9.43. The molecule has 98 valence electrons. The van der Waals surface area contributed by atoms with Gasteiger partial charge in [0.05, 0.1) is 11.1 Å². The number of halogens is 1. The van der Waals surface area contributed by atoms with E-state index in [9.17, 15) is 5.26 Å². The Morgan fingerprint density at radius 2 is 2.26 bits per heavy atom. The van der Waals surface area contributed by atoms with Crippen molar-refractivity contribution < 1.29 is 4.57 Å². The van der Waals surface area contributed by atoms with E-state index in [4.69, 9.17) is 0 Å². The SMILES string of the molecule is N#Cc1cc2c([n+]3c1SC[C@@H]3CBr)C1CCN2CC1. The molecule has 19 heavy (non-hydrogen) atoms. The molecule has 1 aromatic heterocycles. The zero-order valence-electron chi connectivity index (χ0n) is 10.6. The summed E-state index contributed by atoms with van der Waals surface area (Å²) in [5.41, 5.74) is 3.69. The summed E-state index contributed by atoms with van der Waals surface area (Å²) in [4.78, 5) is 2.47. The summed E-state index contributed by atoms with van der Waals surface area (Å²) in [5, 5.41) is 11.6. The van der Waals surface area contributed by atoms with Crippen molar-refractivity contribution in [1.82, 2.24) is 0 Å². The molecule has 1 saturated heterocycles. The highest BCUT2D eigenvalue weighted by molar-refractivity contribution is 9.09. The molecule has 5 heterocycles. The van der Waals surface area contributed by atoms with Gasteiger partial charge in [-0.15, -0.1) is 0 Å². The maximum Gasteiger partial charge on any atom is 0.258 e. The van der Waals surface area contributed by atoms with Gasteiger partial charge in [-0.2, -0.15) is 9.83 Å². The van der Waals surface area contributed by atoms with Gasteiger partial charge in [0.1, 0.15) is 17.3 Å². The third-order valence-electron chi connectivity index (χ3n) is 4.55. The van der Waals surface area contributed by atoms with Crippen molar-refractivity contribution in [2.24, 2.45) is 0 Å². The Balaban J connectivity index is 2.00. The molecule has 4 aliphatic heterocycles. The van der Waals surface area contributed by atoms with Crippen LogP contribution in [0.2, 0.25) is 0 Å². The Bertz CT molecular complexity index is 587. The van der Waals surface area contributed by atoms with Gasteiger partial charge in [-0.3, -0.25) is 0 Å². The number of piperidine rings is 1. The second kappa shape index (κ2) is 4.39. The van der Waals surface area contributed by atoms with Crippen molar-refractivity contribution in [2.75, 3.05) is 29.1 Å². The molecular formula is C14H15BrN3S+. The van der Waals surface area contributed by atoms with Crippen molar-refractivity contribution in [2.45, 2.75) is 29.8 Å². The van der Waals surface area contributed by atoms with Crippen LogP contribution in [0, 0.1) is 11.3 Å². The predicted molar refractivity (Wildman–Crippen MR) is 79.1 cm³/mol. The Kier molecular flexibility index (Phi) is 2.78. The van der Waals surface area contributed by atoms with E-state index in [0.717, 1.165) is 29.7 Å². The second-order valence-electron chi connectivity index (χ2n) is 5.50. The van der Waals surface area contributed by atoms with Crippen LogP contribution >= 0.6 is 27.7 Å². The lowest BCUT2D eigenvalue weighted by Gasteiger charge is -2.40. The summed E-state index contributed by atoms with van der Waals surface area (Å²) >= 11 is 5.49. The first kappa shape index (κ1) is 12.0. The normalized spacial score (nSPS) is 24.2. The molecule has 0 spiro atoms. The lowest BCUT2D eigenvalue weighted by Crippen LogP contribution is -2.51. The van der Waals surface area contributed by atoms with Gasteiger partial charge in [0, 0.05) is 19.0 Å². The maximum absolute atomic E-state index is 9.43. The molecule has 1 fully saturated rings. The zero-order valence-corrected chi connectivity index (χ0v) is 13.0. The van der Waals surface area contributed by atoms with Crippen molar-refractivity contribution in [3.8, 4) is 6.07 Å². The number of anilines is 1. The van der Waals surface area contributed by atoms with Crippen LogP contribution < -0.4 is 9.47 Å². The molecule has 2 bridgehead atoms. The average molecular weight is 337 g/mol. The smallest absolute Gasteiger partial charge is 0.258 e. The molecule has 0 radical (unpaired) electrons. The number of nitrogens with zero attached hydrogens (tertiary/aromatic N) is 3. The number of rotatable bonds is 1.